The van der Waals surface area contributed by atoms with Gasteiger partial charge in [-0.15, -0.1) is 0 Å². The van der Waals surface area contributed by atoms with E-state index in [-0.39, 0.29) is 12.8 Å². The molecule has 6 N–H and O–H groups in total. The average Bonchev–Trinajstić information content (AvgIpc) is 3.26. The Hall–Kier alpha value is -3.23. The van der Waals surface area contributed by atoms with Crippen molar-refractivity contribution < 1.29 is 63.1 Å². The van der Waals surface area contributed by atoms with E-state index in [1.54, 1.807) is 0 Å². The molecular weight excluding hydrogens is 827 g/mol. The van der Waals surface area contributed by atoms with Crippen molar-refractivity contribution in [3.8, 4) is 0 Å². The highest BCUT2D eigenvalue weighted by Crippen LogP contribution is 2.47. The highest BCUT2D eigenvalue weighted by molar-refractivity contribution is 7.47. The summed E-state index contributed by atoms with van der Waals surface area (Å²) in [5, 5.41) is 50.1. The number of aliphatic hydroxyl groups is 5. The lowest BCUT2D eigenvalue weighted by Crippen LogP contribution is -2.64. The largest absolute Gasteiger partial charge is 0.472 e. The molecule has 0 saturated heterocycles. The summed E-state index contributed by atoms with van der Waals surface area (Å²) in [5.74, 6) is -1.23. The lowest BCUT2D eigenvalue weighted by Gasteiger charge is -2.41. The van der Waals surface area contributed by atoms with Gasteiger partial charge in [0.1, 0.15) is 43.2 Å². The third kappa shape index (κ3) is 30.5. The highest BCUT2D eigenvalue weighted by Gasteiger charge is 2.51. The number of hydrogen-bond donors (Lipinski definition) is 6. The molecule has 0 heterocycles. The summed E-state index contributed by atoms with van der Waals surface area (Å²) < 4.78 is 33.4. The number of unbranched alkanes of at least 4 members (excludes halogenated alkanes) is 9. The molecule has 8 atom stereocenters. The Bertz CT molecular complexity index is 1470. The first-order chi connectivity index (χ1) is 30.4. The van der Waals surface area contributed by atoms with Gasteiger partial charge in [0, 0.05) is 12.8 Å². The topological polar surface area (TPSA) is 210 Å². The molecule has 1 aliphatic carbocycles. The van der Waals surface area contributed by atoms with Gasteiger partial charge in [-0.2, -0.15) is 0 Å². The van der Waals surface area contributed by atoms with Crippen molar-refractivity contribution in [2.24, 2.45) is 0 Å². The van der Waals surface area contributed by atoms with E-state index in [9.17, 15) is 44.6 Å². The SMILES string of the molecule is CC/C=C/C/C=C/C/C=C/C/C=C/C/C=C/C/C=C/CCC(=O)OC[C@@H](COP(=O)(O)OC1C(O)C(O)C(O)[C@H](O)C1O)OC(=O)CCCCCCC/C=C/C=C/CCCCCC. The predicted octanol–water partition coefficient (Wildman–Crippen LogP) is 9.05. The molecule has 0 aliphatic heterocycles. The van der Waals surface area contributed by atoms with Gasteiger partial charge in [0.05, 0.1) is 6.61 Å². The molecular formula is C49H79O13P. The van der Waals surface area contributed by atoms with E-state index in [0.717, 1.165) is 70.6 Å². The summed E-state index contributed by atoms with van der Waals surface area (Å²) >= 11 is 0. The van der Waals surface area contributed by atoms with E-state index >= 15 is 0 Å². The van der Waals surface area contributed by atoms with Crippen molar-refractivity contribution in [1.82, 2.24) is 0 Å². The second-order valence-electron chi connectivity index (χ2n) is 15.5. The van der Waals surface area contributed by atoms with Gasteiger partial charge < -0.3 is 39.9 Å². The number of allylic oxidation sites excluding steroid dienone is 16. The zero-order chi connectivity index (χ0) is 46.4. The summed E-state index contributed by atoms with van der Waals surface area (Å²) in [6, 6.07) is 0. The number of phosphoric acid groups is 1. The lowest BCUT2D eigenvalue weighted by atomic mass is 9.85. The van der Waals surface area contributed by atoms with E-state index in [1.807, 2.05) is 18.2 Å². The van der Waals surface area contributed by atoms with Gasteiger partial charge in [-0.3, -0.25) is 18.6 Å². The van der Waals surface area contributed by atoms with Crippen LogP contribution in [0.1, 0.15) is 142 Å². The molecule has 6 unspecified atom stereocenters. The van der Waals surface area contributed by atoms with E-state index in [0.29, 0.717) is 19.3 Å². The first-order valence-corrected chi connectivity index (χ1v) is 24.6. The molecule has 1 aliphatic rings. The van der Waals surface area contributed by atoms with Crippen molar-refractivity contribution >= 4 is 19.8 Å². The van der Waals surface area contributed by atoms with Gasteiger partial charge in [0.15, 0.2) is 6.10 Å². The van der Waals surface area contributed by atoms with E-state index in [1.165, 1.54) is 25.7 Å². The molecule has 13 nitrogen and oxygen atoms in total. The fraction of sp³-hybridized carbons (Fsp3) is 0.633. The number of aliphatic hydroxyl groups excluding tert-OH is 5. The van der Waals surface area contributed by atoms with Gasteiger partial charge in [0.2, 0.25) is 0 Å². The van der Waals surface area contributed by atoms with Gasteiger partial charge >= 0.3 is 19.8 Å². The fourth-order valence-electron chi connectivity index (χ4n) is 6.24. The van der Waals surface area contributed by atoms with Crippen molar-refractivity contribution in [3.05, 3.63) is 97.2 Å². The van der Waals surface area contributed by atoms with Crippen molar-refractivity contribution in [1.29, 1.82) is 0 Å². The monoisotopic (exact) mass is 907 g/mol. The fourth-order valence-corrected chi connectivity index (χ4v) is 7.22. The zero-order valence-corrected chi connectivity index (χ0v) is 38.7. The summed E-state index contributed by atoms with van der Waals surface area (Å²) in [6.07, 6.45) is 37.6. The number of hydrogen-bond acceptors (Lipinski definition) is 12. The molecule has 0 bridgehead atoms. The first kappa shape index (κ1) is 57.8. The summed E-state index contributed by atoms with van der Waals surface area (Å²) in [5.41, 5.74) is 0. The molecule has 63 heavy (non-hydrogen) atoms. The third-order valence-electron chi connectivity index (χ3n) is 9.95. The minimum atomic E-state index is -5.15. The van der Waals surface area contributed by atoms with Gasteiger partial charge in [-0.25, -0.2) is 4.57 Å². The van der Waals surface area contributed by atoms with E-state index in [2.05, 4.69) is 92.8 Å². The van der Waals surface area contributed by atoms with Crippen LogP contribution >= 0.6 is 7.82 Å². The van der Waals surface area contributed by atoms with E-state index < -0.39 is 75.7 Å². The van der Waals surface area contributed by atoms with Crippen LogP contribution < -0.4 is 0 Å². The predicted molar refractivity (Wildman–Crippen MR) is 248 cm³/mol. The standard InChI is InChI=1S/C49H79O13P/c1-3-5-7-9-11-13-15-17-19-20-21-22-24-25-27-29-31-33-35-37-42(50)59-39-41(40-60-63(57,58)62-49-47(55)45(53)44(52)46(54)48(49)56)61-43(51)38-36-34-32-30-28-26-23-18-16-14-12-10-8-6-4-2/h5,7,11,13-14,16-19,21-23,25,27,31,33,41,44-49,52-56H,3-4,6,8-10,12,15,20,24,26,28-30,32,34-40H2,1-2H3,(H,57,58)/b7-5+,13-11+,16-14+,19-17+,22-21+,23-18+,27-25+,33-31+/t41-,44?,45-,46?,47?,48?,49?/m0/s1. The van der Waals surface area contributed by atoms with Crippen LogP contribution in [-0.2, 0) is 32.7 Å². The van der Waals surface area contributed by atoms with Crippen molar-refractivity contribution in [3.63, 3.8) is 0 Å². The summed E-state index contributed by atoms with van der Waals surface area (Å²) in [7, 11) is -5.15. The maximum Gasteiger partial charge on any atom is 0.472 e. The van der Waals surface area contributed by atoms with Crippen LogP contribution in [0.2, 0.25) is 0 Å². The molecule has 14 heteroatoms. The maximum atomic E-state index is 12.8. The van der Waals surface area contributed by atoms with Crippen LogP contribution in [0, 0.1) is 0 Å². The van der Waals surface area contributed by atoms with Crippen LogP contribution in [0.3, 0.4) is 0 Å². The molecule has 1 fully saturated rings. The van der Waals surface area contributed by atoms with Crippen molar-refractivity contribution in [2.45, 2.75) is 185 Å². The Morgan fingerprint density at radius 1 is 0.524 bits per heavy atom. The molecule has 0 amide bonds. The van der Waals surface area contributed by atoms with Crippen LogP contribution in [0.15, 0.2) is 97.2 Å². The minimum Gasteiger partial charge on any atom is -0.462 e. The van der Waals surface area contributed by atoms with E-state index in [4.69, 9.17) is 18.5 Å². The number of rotatable bonds is 36. The minimum absolute atomic E-state index is 0.0326. The Morgan fingerprint density at radius 2 is 0.984 bits per heavy atom. The van der Waals surface area contributed by atoms with Gasteiger partial charge in [-0.1, -0.05) is 150 Å². The third-order valence-corrected chi connectivity index (χ3v) is 10.9. The number of ether oxygens (including phenoxy) is 2. The first-order valence-electron chi connectivity index (χ1n) is 23.1. The molecule has 0 spiro atoms. The lowest BCUT2D eigenvalue weighted by molar-refractivity contribution is -0.220. The zero-order valence-electron chi connectivity index (χ0n) is 37.8. The molecule has 0 aromatic heterocycles. The molecule has 0 aromatic rings. The molecule has 0 aromatic carbocycles. The average molecular weight is 907 g/mol. The molecule has 1 rings (SSSR count). The Kier molecular flexibility index (Phi) is 34.9. The Labute approximate surface area is 377 Å². The van der Waals surface area contributed by atoms with Gasteiger partial charge in [0.25, 0.3) is 0 Å². The van der Waals surface area contributed by atoms with Crippen LogP contribution in [0.5, 0.6) is 0 Å². The molecule has 0 radical (unpaired) electrons. The maximum absolute atomic E-state index is 12.8. The van der Waals surface area contributed by atoms with Crippen LogP contribution in [0.25, 0.3) is 0 Å². The van der Waals surface area contributed by atoms with Gasteiger partial charge in [-0.05, 0) is 77.0 Å². The van der Waals surface area contributed by atoms with Crippen LogP contribution in [0.4, 0.5) is 0 Å². The number of carbonyl (C=O) groups is 2. The summed E-state index contributed by atoms with van der Waals surface area (Å²) in [6.45, 7) is 3.07. The second kappa shape index (κ2) is 38.1. The quantitative estimate of drug-likeness (QED) is 0.0114. The highest BCUT2D eigenvalue weighted by atomic mass is 31.2. The van der Waals surface area contributed by atoms with Crippen molar-refractivity contribution in [2.75, 3.05) is 13.2 Å². The normalized spacial score (nSPS) is 22.6. The summed E-state index contributed by atoms with van der Waals surface area (Å²) in [4.78, 5) is 35.7. The Morgan fingerprint density at radius 3 is 1.51 bits per heavy atom. The number of esters is 2. The Balaban J connectivity index is 2.53. The molecule has 1 saturated carbocycles. The smallest absolute Gasteiger partial charge is 0.462 e. The second-order valence-corrected chi connectivity index (χ2v) is 17.0. The van der Waals surface area contributed by atoms with Crippen LogP contribution in [-0.4, -0.2) is 98.3 Å². The number of phosphoric ester groups is 1. The number of carbonyl (C=O) groups excluding carboxylic acids is 2. The molecule has 358 valence electrons.